The number of hydrogen-bond donors (Lipinski definition) is 3. The summed E-state index contributed by atoms with van der Waals surface area (Å²) in [7, 11) is 1.62. The van der Waals surface area contributed by atoms with Gasteiger partial charge < -0.3 is 0 Å². The molecule has 0 fully saturated rings. The molecule has 1 aliphatic rings. The van der Waals surface area contributed by atoms with Gasteiger partial charge in [0.15, 0.2) is 0 Å². The molecule has 0 radical (unpaired) electrons. The van der Waals surface area contributed by atoms with Gasteiger partial charge in [0.05, 0.1) is 0 Å². The number of benzene rings is 2. The van der Waals surface area contributed by atoms with Crippen LogP contribution in [0, 0.1) is 0 Å². The number of rotatable bonds is 5. The molecule has 2 amide bonds. The summed E-state index contributed by atoms with van der Waals surface area (Å²) in [6.07, 6.45) is 2.86. The van der Waals surface area contributed by atoms with Crippen molar-refractivity contribution in [2.45, 2.75) is 32.1 Å². The molecule has 7 nitrogen and oxygen atoms in total. The maximum absolute atomic E-state index is 12.2. The van der Waals surface area contributed by atoms with Gasteiger partial charge in [-0.1, -0.05) is 0 Å². The van der Waals surface area contributed by atoms with Crippen LogP contribution in [0.4, 0.5) is 17.3 Å². The third kappa shape index (κ3) is 5.20. The summed E-state index contributed by atoms with van der Waals surface area (Å²) >= 11 is 5.44. The van der Waals surface area contributed by atoms with E-state index < -0.39 is 15.8 Å². The Hall–Kier alpha value is -2.89. The van der Waals surface area contributed by atoms with E-state index in [-0.39, 0.29) is 17.2 Å². The summed E-state index contributed by atoms with van der Waals surface area (Å²) in [5, 5.41) is 9.43. The second kappa shape index (κ2) is 9.54. The zero-order chi connectivity index (χ0) is 23.6. The van der Waals surface area contributed by atoms with Crippen LogP contribution < -0.4 is 24.8 Å². The Morgan fingerprint density at radius 2 is 2.00 bits per heavy atom. The van der Waals surface area contributed by atoms with Gasteiger partial charge in [0.25, 0.3) is 0 Å². The summed E-state index contributed by atoms with van der Waals surface area (Å²) in [5.41, 5.74) is 3.23. The molecule has 2 heterocycles. The molecule has 33 heavy (non-hydrogen) atoms. The van der Waals surface area contributed by atoms with Crippen LogP contribution in [0.1, 0.15) is 42.6 Å². The van der Waals surface area contributed by atoms with Gasteiger partial charge in [-0.05, 0) is 0 Å². The van der Waals surface area contributed by atoms with Gasteiger partial charge in [0.1, 0.15) is 0 Å². The van der Waals surface area contributed by atoms with Crippen molar-refractivity contribution >= 4 is 65.3 Å². The second-order valence-corrected chi connectivity index (χ2v) is 11.5. The van der Waals surface area contributed by atoms with E-state index in [0.29, 0.717) is 23.0 Å². The molecule has 0 aliphatic carbocycles. The predicted octanol–water partition coefficient (Wildman–Crippen LogP) is 2.63. The predicted molar refractivity (Wildman–Crippen MR) is 134 cm³/mol. The number of anilines is 3. The van der Waals surface area contributed by atoms with Gasteiger partial charge in [-0.15, -0.1) is 0 Å². The van der Waals surface area contributed by atoms with Crippen molar-refractivity contribution in [3.05, 3.63) is 64.8 Å². The van der Waals surface area contributed by atoms with Crippen LogP contribution in [0.3, 0.4) is 0 Å². The number of hydrogen-bond acceptors (Lipinski definition) is 5. The topological polar surface area (TPSA) is 96.0 Å². The first kappa shape index (κ1) is 23.3. The van der Waals surface area contributed by atoms with E-state index in [0.717, 1.165) is 32.2 Å². The Bertz CT molecular complexity index is 1230. The molecule has 1 unspecified atom stereocenters. The molecule has 1 atom stereocenters. The molecule has 1 aromatic heterocycles. The fourth-order valence-corrected chi connectivity index (χ4v) is 6.43. The molecule has 2 aromatic carbocycles. The van der Waals surface area contributed by atoms with Crippen molar-refractivity contribution in [1.82, 2.24) is 15.3 Å². The standard InChI is InChI=1S/C24H25AsClN5O2/c1-24(2)11-10-20(32)30-19-9-8-14(12-16(19)24)29-23-28-13-18(26)21(31-23)25-17-7-5-4-6-15(17)22(33)27-3/h4-9,12-13,25H,10-11H2,1-3H3,(H,27,33)(H,30,32)(H,28,29,31). The fourth-order valence-electron chi connectivity index (χ4n) is 3.76. The molecule has 170 valence electrons. The normalized spacial score (nSPS) is 15.0. The maximum atomic E-state index is 12.2. The molecule has 0 saturated carbocycles. The molecule has 0 spiro atoms. The third-order valence-electron chi connectivity index (χ3n) is 5.65. The van der Waals surface area contributed by atoms with E-state index in [2.05, 4.69) is 39.8 Å². The van der Waals surface area contributed by atoms with E-state index in [9.17, 15) is 9.59 Å². The van der Waals surface area contributed by atoms with E-state index in [4.69, 9.17) is 11.6 Å². The molecular formula is C24H25AsClN5O2. The van der Waals surface area contributed by atoms with Crippen molar-refractivity contribution in [3.63, 3.8) is 0 Å². The first-order chi connectivity index (χ1) is 15.8. The van der Waals surface area contributed by atoms with Gasteiger partial charge in [0, 0.05) is 0 Å². The number of halogens is 1. The van der Waals surface area contributed by atoms with Crippen LogP contribution in [0.2, 0.25) is 5.02 Å². The Kier molecular flexibility index (Phi) is 6.73. The fraction of sp³-hybridized carbons (Fsp3) is 0.250. The second-order valence-electron chi connectivity index (χ2n) is 8.46. The quantitative estimate of drug-likeness (QED) is 0.445. The van der Waals surface area contributed by atoms with Crippen molar-refractivity contribution in [2.75, 3.05) is 17.7 Å². The van der Waals surface area contributed by atoms with Gasteiger partial charge >= 0.3 is 205 Å². The van der Waals surface area contributed by atoms with Gasteiger partial charge in [0.2, 0.25) is 0 Å². The van der Waals surface area contributed by atoms with Crippen LogP contribution >= 0.6 is 11.6 Å². The SMILES string of the molecule is CNC(=O)c1ccccc1[AsH]c1nc(Nc2ccc3c(c2)C(C)(C)CCC(=O)N3)ncc1Cl. The minimum atomic E-state index is -0.976. The van der Waals surface area contributed by atoms with Crippen molar-refractivity contribution < 1.29 is 9.59 Å². The van der Waals surface area contributed by atoms with Crippen molar-refractivity contribution in [3.8, 4) is 0 Å². The number of amides is 2. The number of nitrogens with one attached hydrogen (secondary N) is 3. The molecule has 3 N–H and O–H groups in total. The Balaban J connectivity index is 1.62. The van der Waals surface area contributed by atoms with Crippen molar-refractivity contribution in [2.24, 2.45) is 0 Å². The Labute approximate surface area is 204 Å². The molecule has 3 aromatic rings. The minimum absolute atomic E-state index is 0.0368. The third-order valence-corrected chi connectivity index (χ3v) is 9.04. The number of carbonyl (C=O) groups is 2. The van der Waals surface area contributed by atoms with E-state index in [1.54, 1.807) is 13.2 Å². The number of aromatic nitrogens is 2. The van der Waals surface area contributed by atoms with Gasteiger partial charge in [-0.25, -0.2) is 0 Å². The van der Waals surface area contributed by atoms with E-state index in [1.807, 2.05) is 42.5 Å². The summed E-state index contributed by atoms with van der Waals surface area (Å²) in [6.45, 7) is 4.28. The van der Waals surface area contributed by atoms with Crippen LogP contribution in [0.5, 0.6) is 0 Å². The monoisotopic (exact) mass is 525 g/mol. The number of fused-ring (bicyclic) bond motifs is 1. The van der Waals surface area contributed by atoms with Gasteiger partial charge in [-0.3, -0.25) is 0 Å². The summed E-state index contributed by atoms with van der Waals surface area (Å²) in [5.74, 6) is 0.346. The molecule has 4 rings (SSSR count). The molecular weight excluding hydrogens is 501 g/mol. The Morgan fingerprint density at radius 3 is 2.79 bits per heavy atom. The van der Waals surface area contributed by atoms with Crippen LogP contribution in [-0.4, -0.2) is 44.6 Å². The summed E-state index contributed by atoms with van der Waals surface area (Å²) in [4.78, 5) is 33.3. The van der Waals surface area contributed by atoms with E-state index >= 15 is 0 Å². The summed E-state index contributed by atoms with van der Waals surface area (Å²) < 4.78 is 1.69. The van der Waals surface area contributed by atoms with Gasteiger partial charge in [-0.2, -0.15) is 0 Å². The number of nitrogens with zero attached hydrogens (tertiary/aromatic N) is 2. The molecule has 0 saturated heterocycles. The Morgan fingerprint density at radius 1 is 1.21 bits per heavy atom. The molecule has 0 bridgehead atoms. The zero-order valence-electron chi connectivity index (χ0n) is 18.6. The van der Waals surface area contributed by atoms with Crippen molar-refractivity contribution in [1.29, 1.82) is 0 Å². The van der Waals surface area contributed by atoms with E-state index in [1.165, 1.54) is 0 Å². The van der Waals surface area contributed by atoms with Crippen LogP contribution in [0.25, 0.3) is 0 Å². The van der Waals surface area contributed by atoms with Crippen LogP contribution in [0.15, 0.2) is 48.7 Å². The summed E-state index contributed by atoms with van der Waals surface area (Å²) in [6, 6.07) is 13.4. The molecule has 1 aliphatic heterocycles. The first-order valence-corrected chi connectivity index (χ1v) is 13.1. The average molecular weight is 526 g/mol. The zero-order valence-corrected chi connectivity index (χ0v) is 21.5. The van der Waals surface area contributed by atoms with Crippen LogP contribution in [-0.2, 0) is 10.2 Å². The number of carbonyl (C=O) groups excluding carboxylic acids is 2. The molecule has 9 heteroatoms. The first-order valence-electron chi connectivity index (χ1n) is 10.6. The average Bonchev–Trinajstić information content (AvgIpc) is 2.91.